The molecule has 4 rings (SSSR count). The largest absolute Gasteiger partial charge is 0.497 e. The Morgan fingerprint density at radius 2 is 1.97 bits per heavy atom. The number of piperidine rings is 1. The highest BCUT2D eigenvalue weighted by Crippen LogP contribution is 2.32. The predicted molar refractivity (Wildman–Crippen MR) is 116 cm³/mol. The number of methoxy groups -OCH3 is 1. The van der Waals surface area contributed by atoms with E-state index in [1.165, 1.54) is 6.42 Å². The summed E-state index contributed by atoms with van der Waals surface area (Å²) in [6.45, 7) is 8.21. The third-order valence-corrected chi connectivity index (χ3v) is 6.31. The highest BCUT2D eigenvalue weighted by atomic mass is 16.5. The van der Waals surface area contributed by atoms with E-state index in [-0.39, 0.29) is 17.1 Å². The molecule has 160 valence electrons. The molecule has 0 saturated carbocycles. The summed E-state index contributed by atoms with van der Waals surface area (Å²) >= 11 is 0. The van der Waals surface area contributed by atoms with Gasteiger partial charge in [-0.05, 0) is 80.2 Å². The van der Waals surface area contributed by atoms with Gasteiger partial charge in [0.1, 0.15) is 11.8 Å². The van der Waals surface area contributed by atoms with Gasteiger partial charge in [-0.25, -0.2) is 4.68 Å². The Bertz CT molecular complexity index is 1080. The van der Waals surface area contributed by atoms with Crippen molar-refractivity contribution in [2.75, 3.05) is 20.2 Å². The maximum atomic E-state index is 13.2. The molecule has 8 nitrogen and oxygen atoms in total. The SMILES string of the molecule is CCC(C)(C)n1nnnc1[C@@H](c1cc2ccc(OC)cc2[nH]c1=O)N1CCCCC1. The molecule has 1 N–H and O–H groups in total. The van der Waals surface area contributed by atoms with Gasteiger partial charge in [0.25, 0.3) is 5.56 Å². The average Bonchev–Trinajstić information content (AvgIpc) is 3.25. The fourth-order valence-corrected chi connectivity index (χ4v) is 4.15. The Hall–Kier alpha value is -2.74. The van der Waals surface area contributed by atoms with Gasteiger partial charge in [0, 0.05) is 11.6 Å². The van der Waals surface area contributed by atoms with Crippen LogP contribution in [0.2, 0.25) is 0 Å². The molecule has 1 fully saturated rings. The van der Waals surface area contributed by atoms with Gasteiger partial charge in [-0.3, -0.25) is 9.69 Å². The van der Waals surface area contributed by atoms with Crippen LogP contribution in [0.4, 0.5) is 0 Å². The standard InChI is InChI=1S/C22H30N6O2/c1-5-22(2,3)28-20(24-25-26-28)19(27-11-7-6-8-12-27)17-13-15-9-10-16(30-4)14-18(15)23-21(17)29/h9-10,13-14,19H,5-8,11-12H2,1-4H3,(H,23,29)/t19-/m1/s1. The van der Waals surface area contributed by atoms with E-state index in [0.29, 0.717) is 11.3 Å². The molecular formula is C22H30N6O2. The number of nitrogens with one attached hydrogen (secondary N) is 1. The van der Waals surface area contributed by atoms with Crippen LogP contribution in [-0.4, -0.2) is 50.3 Å². The van der Waals surface area contributed by atoms with Crippen molar-refractivity contribution < 1.29 is 4.74 Å². The Morgan fingerprint density at radius 1 is 1.20 bits per heavy atom. The number of tetrazole rings is 1. The molecule has 1 atom stereocenters. The minimum Gasteiger partial charge on any atom is -0.497 e. The molecule has 0 bridgehead atoms. The number of ether oxygens (including phenoxy) is 1. The van der Waals surface area contributed by atoms with Crippen LogP contribution in [0.25, 0.3) is 10.9 Å². The number of H-pyrrole nitrogens is 1. The normalized spacial score (nSPS) is 16.7. The van der Waals surface area contributed by atoms with Crippen molar-refractivity contribution in [1.29, 1.82) is 0 Å². The molecule has 1 aliphatic heterocycles. The van der Waals surface area contributed by atoms with Crippen LogP contribution in [0.5, 0.6) is 5.75 Å². The van der Waals surface area contributed by atoms with Crippen molar-refractivity contribution in [1.82, 2.24) is 30.1 Å². The van der Waals surface area contributed by atoms with Crippen LogP contribution in [0, 0.1) is 0 Å². The Balaban J connectivity index is 1.89. The van der Waals surface area contributed by atoms with Crippen molar-refractivity contribution in [3.63, 3.8) is 0 Å². The number of hydrogen-bond donors (Lipinski definition) is 1. The van der Waals surface area contributed by atoms with Gasteiger partial charge >= 0.3 is 0 Å². The first kappa shape index (κ1) is 20.5. The third-order valence-electron chi connectivity index (χ3n) is 6.31. The Labute approximate surface area is 176 Å². The number of likely N-dealkylation sites (tertiary alicyclic amines) is 1. The van der Waals surface area contributed by atoms with Crippen LogP contribution >= 0.6 is 0 Å². The summed E-state index contributed by atoms with van der Waals surface area (Å²) in [7, 11) is 1.62. The molecule has 2 aromatic heterocycles. The van der Waals surface area contributed by atoms with E-state index in [0.717, 1.165) is 49.1 Å². The molecule has 0 radical (unpaired) electrons. The van der Waals surface area contributed by atoms with Gasteiger partial charge in [-0.1, -0.05) is 13.3 Å². The van der Waals surface area contributed by atoms with Crippen LogP contribution in [-0.2, 0) is 5.54 Å². The zero-order chi connectivity index (χ0) is 21.3. The number of aromatic amines is 1. The van der Waals surface area contributed by atoms with Gasteiger partial charge in [-0.2, -0.15) is 0 Å². The minimum atomic E-state index is -0.290. The second kappa shape index (κ2) is 8.18. The summed E-state index contributed by atoms with van der Waals surface area (Å²) in [5.74, 6) is 1.44. The summed E-state index contributed by atoms with van der Waals surface area (Å²) in [5, 5.41) is 13.7. The van der Waals surface area contributed by atoms with Crippen LogP contribution in [0.15, 0.2) is 29.1 Å². The van der Waals surface area contributed by atoms with E-state index in [9.17, 15) is 4.79 Å². The topological polar surface area (TPSA) is 88.9 Å². The average molecular weight is 411 g/mol. The zero-order valence-corrected chi connectivity index (χ0v) is 18.2. The Kier molecular flexibility index (Phi) is 5.60. The molecule has 1 aliphatic rings. The van der Waals surface area contributed by atoms with Crippen LogP contribution in [0.1, 0.15) is 63.9 Å². The molecule has 1 saturated heterocycles. The first-order valence-corrected chi connectivity index (χ1v) is 10.7. The molecule has 3 aromatic rings. The molecule has 30 heavy (non-hydrogen) atoms. The number of aromatic nitrogens is 5. The first-order valence-electron chi connectivity index (χ1n) is 10.7. The van der Waals surface area contributed by atoms with E-state index in [1.54, 1.807) is 7.11 Å². The summed E-state index contributed by atoms with van der Waals surface area (Å²) in [4.78, 5) is 18.6. The number of fused-ring (bicyclic) bond motifs is 1. The zero-order valence-electron chi connectivity index (χ0n) is 18.2. The van der Waals surface area contributed by atoms with E-state index < -0.39 is 0 Å². The highest BCUT2D eigenvalue weighted by Gasteiger charge is 2.34. The summed E-state index contributed by atoms with van der Waals surface area (Å²) < 4.78 is 7.19. The molecule has 0 amide bonds. The van der Waals surface area contributed by atoms with Gasteiger partial charge in [0.15, 0.2) is 5.82 Å². The van der Waals surface area contributed by atoms with Crippen molar-refractivity contribution in [3.05, 3.63) is 46.0 Å². The molecule has 0 unspecified atom stereocenters. The monoisotopic (exact) mass is 410 g/mol. The number of hydrogen-bond acceptors (Lipinski definition) is 6. The minimum absolute atomic E-state index is 0.116. The van der Waals surface area contributed by atoms with Gasteiger partial charge < -0.3 is 9.72 Å². The number of nitrogens with zero attached hydrogens (tertiary/aromatic N) is 5. The fourth-order valence-electron chi connectivity index (χ4n) is 4.15. The maximum absolute atomic E-state index is 13.2. The van der Waals surface area contributed by atoms with Crippen molar-refractivity contribution in [3.8, 4) is 5.75 Å². The lowest BCUT2D eigenvalue weighted by Crippen LogP contribution is -2.40. The third kappa shape index (κ3) is 3.71. The number of benzene rings is 1. The van der Waals surface area contributed by atoms with Gasteiger partial charge in [0.05, 0.1) is 18.2 Å². The molecule has 0 aliphatic carbocycles. The van der Waals surface area contributed by atoms with Gasteiger partial charge in [-0.15, -0.1) is 5.10 Å². The summed E-state index contributed by atoms with van der Waals surface area (Å²) in [6, 6.07) is 7.41. The smallest absolute Gasteiger partial charge is 0.253 e. The predicted octanol–water partition coefficient (Wildman–Crippen LogP) is 3.24. The van der Waals surface area contributed by atoms with E-state index >= 15 is 0 Å². The van der Waals surface area contributed by atoms with Crippen molar-refractivity contribution in [2.45, 2.75) is 58.0 Å². The maximum Gasteiger partial charge on any atom is 0.253 e. The van der Waals surface area contributed by atoms with E-state index in [2.05, 4.69) is 46.2 Å². The fraction of sp³-hybridized carbons (Fsp3) is 0.545. The molecular weight excluding hydrogens is 380 g/mol. The van der Waals surface area contributed by atoms with Crippen molar-refractivity contribution in [2.24, 2.45) is 0 Å². The second-order valence-electron chi connectivity index (χ2n) is 8.62. The molecule has 3 heterocycles. The quantitative estimate of drug-likeness (QED) is 0.671. The Morgan fingerprint density at radius 3 is 2.67 bits per heavy atom. The number of rotatable bonds is 6. The number of pyridine rings is 1. The summed E-state index contributed by atoms with van der Waals surface area (Å²) in [6.07, 6.45) is 4.31. The molecule has 0 spiro atoms. The van der Waals surface area contributed by atoms with E-state index in [4.69, 9.17) is 4.74 Å². The lowest BCUT2D eigenvalue weighted by Gasteiger charge is -2.35. The molecule has 1 aromatic carbocycles. The summed E-state index contributed by atoms with van der Waals surface area (Å²) in [5.41, 5.74) is 1.07. The van der Waals surface area contributed by atoms with Gasteiger partial charge in [0.2, 0.25) is 0 Å². The first-order chi connectivity index (χ1) is 14.4. The van der Waals surface area contributed by atoms with Crippen LogP contribution in [0.3, 0.4) is 0 Å². The van der Waals surface area contributed by atoms with Crippen LogP contribution < -0.4 is 10.3 Å². The second-order valence-corrected chi connectivity index (χ2v) is 8.62. The molecule has 8 heteroatoms. The van der Waals surface area contributed by atoms with Crippen molar-refractivity contribution >= 4 is 10.9 Å². The lowest BCUT2D eigenvalue weighted by molar-refractivity contribution is 0.167. The highest BCUT2D eigenvalue weighted by molar-refractivity contribution is 5.80. The lowest BCUT2D eigenvalue weighted by atomic mass is 9.98. The van der Waals surface area contributed by atoms with E-state index in [1.807, 2.05) is 28.9 Å².